The zero-order valence-electron chi connectivity index (χ0n) is 20.1. The Labute approximate surface area is 183 Å². The predicted molar refractivity (Wildman–Crippen MR) is 121 cm³/mol. The van der Waals surface area contributed by atoms with Gasteiger partial charge in [0.05, 0.1) is 12.1 Å². The zero-order valence-corrected chi connectivity index (χ0v) is 20.1. The first kappa shape index (κ1) is 28.4. The van der Waals surface area contributed by atoms with Gasteiger partial charge in [0.1, 0.15) is 6.04 Å². The van der Waals surface area contributed by atoms with Crippen molar-refractivity contribution in [2.45, 2.75) is 103 Å². The molecule has 0 fully saturated rings. The van der Waals surface area contributed by atoms with E-state index >= 15 is 0 Å². The summed E-state index contributed by atoms with van der Waals surface area (Å²) < 4.78 is 0. The molecule has 2 unspecified atom stereocenters. The molecule has 0 saturated heterocycles. The molecule has 2 atom stereocenters. The number of aliphatic hydroxyl groups is 1. The Kier molecular flexibility index (Phi) is 14.4. The summed E-state index contributed by atoms with van der Waals surface area (Å²) in [5.41, 5.74) is -0.915. The van der Waals surface area contributed by atoms with Gasteiger partial charge in [0.25, 0.3) is 0 Å². The van der Waals surface area contributed by atoms with Gasteiger partial charge in [-0.3, -0.25) is 14.4 Å². The van der Waals surface area contributed by atoms with Crippen LogP contribution in [0.2, 0.25) is 0 Å². The van der Waals surface area contributed by atoms with Crippen LogP contribution in [-0.4, -0.2) is 60.0 Å². The van der Waals surface area contributed by atoms with Gasteiger partial charge in [-0.25, -0.2) is 0 Å². The highest BCUT2D eigenvalue weighted by Crippen LogP contribution is 2.15. The largest absolute Gasteiger partial charge is 0.394 e. The van der Waals surface area contributed by atoms with E-state index in [0.717, 1.165) is 19.3 Å². The molecule has 3 amide bonds. The van der Waals surface area contributed by atoms with Gasteiger partial charge >= 0.3 is 0 Å². The van der Waals surface area contributed by atoms with Gasteiger partial charge in [-0.05, 0) is 32.1 Å². The first-order valence-electron chi connectivity index (χ1n) is 11.5. The van der Waals surface area contributed by atoms with Gasteiger partial charge < -0.3 is 20.6 Å². The molecular formula is C23H45N3O4. The fraction of sp³-hybridized carbons (Fsp3) is 0.870. The second-order valence-electron chi connectivity index (χ2n) is 9.26. The minimum absolute atomic E-state index is 0.0603. The lowest BCUT2D eigenvalue weighted by atomic mass is 9.94. The van der Waals surface area contributed by atoms with Crippen LogP contribution in [0.25, 0.3) is 0 Å². The van der Waals surface area contributed by atoms with Crippen molar-refractivity contribution in [3.05, 3.63) is 0 Å². The van der Waals surface area contributed by atoms with Gasteiger partial charge in [-0.1, -0.05) is 52.9 Å². The molecule has 0 heterocycles. The van der Waals surface area contributed by atoms with Gasteiger partial charge in [-0.15, -0.1) is 0 Å². The van der Waals surface area contributed by atoms with Gasteiger partial charge in [0.15, 0.2) is 0 Å². The normalized spacial score (nSPS) is 14.1. The number of unbranched alkanes of at least 4 members (excludes halogenated alkanes) is 5. The number of aliphatic hydroxyl groups excluding tert-OH is 1. The molecule has 0 spiro atoms. The van der Waals surface area contributed by atoms with Crippen molar-refractivity contribution < 1.29 is 19.5 Å². The number of hydrogen-bond donors (Lipinski definition) is 3. The molecule has 0 radical (unpaired) electrons. The number of nitrogens with one attached hydrogen (secondary N) is 2. The second kappa shape index (κ2) is 15.2. The highest BCUT2D eigenvalue weighted by atomic mass is 16.3. The summed E-state index contributed by atoms with van der Waals surface area (Å²) in [4.78, 5) is 38.6. The molecule has 3 N–H and O–H groups in total. The van der Waals surface area contributed by atoms with Crippen LogP contribution in [0, 0.1) is 5.92 Å². The third-order valence-corrected chi connectivity index (χ3v) is 5.28. The monoisotopic (exact) mass is 427 g/mol. The number of rotatable bonds is 16. The predicted octanol–water partition coefficient (Wildman–Crippen LogP) is 3.00. The van der Waals surface area contributed by atoms with Gasteiger partial charge in [-0.2, -0.15) is 0 Å². The van der Waals surface area contributed by atoms with Crippen LogP contribution < -0.4 is 10.6 Å². The van der Waals surface area contributed by atoms with Crippen LogP contribution in [0.15, 0.2) is 0 Å². The maximum atomic E-state index is 12.9. The third-order valence-electron chi connectivity index (χ3n) is 5.28. The Morgan fingerprint density at radius 1 is 1.00 bits per heavy atom. The molecule has 176 valence electrons. The summed E-state index contributed by atoms with van der Waals surface area (Å²) in [6, 6.07) is -0.645. The smallest absolute Gasteiger partial charge is 0.243 e. The summed E-state index contributed by atoms with van der Waals surface area (Å²) in [6.07, 6.45) is 8.10. The summed E-state index contributed by atoms with van der Waals surface area (Å²) in [5.74, 6) is -0.255. The fourth-order valence-corrected chi connectivity index (χ4v) is 3.21. The van der Waals surface area contributed by atoms with Crippen molar-refractivity contribution in [1.29, 1.82) is 0 Å². The highest BCUT2D eigenvalue weighted by molar-refractivity contribution is 5.88. The van der Waals surface area contributed by atoms with Crippen molar-refractivity contribution in [3.63, 3.8) is 0 Å². The molecule has 0 aromatic rings. The number of carbonyl (C=O) groups excluding carboxylic acids is 3. The summed E-state index contributed by atoms with van der Waals surface area (Å²) >= 11 is 0. The average Bonchev–Trinajstić information content (AvgIpc) is 2.67. The van der Waals surface area contributed by atoms with Crippen LogP contribution in [0.3, 0.4) is 0 Å². The third kappa shape index (κ3) is 12.8. The standard InChI is InChI=1S/C23H45N3O4/c1-7-8-9-10-11-12-13-20(28)24-19(16-18(2)3)22(30)25-23(4,17-27)15-14-21(29)26(5)6/h18-19,27H,7-17H2,1-6H3,(H,24,28)(H,25,30). The molecule has 7 heteroatoms. The number of amides is 3. The minimum atomic E-state index is -0.915. The zero-order chi connectivity index (χ0) is 23.2. The van der Waals surface area contributed by atoms with Gasteiger partial charge in [0.2, 0.25) is 17.7 Å². The van der Waals surface area contributed by atoms with Crippen LogP contribution in [0.4, 0.5) is 0 Å². The van der Waals surface area contributed by atoms with E-state index in [1.54, 1.807) is 21.0 Å². The molecule has 0 aromatic heterocycles. The van der Waals surface area contributed by atoms with E-state index in [0.29, 0.717) is 19.3 Å². The number of carbonyl (C=O) groups is 3. The van der Waals surface area contributed by atoms with Crippen molar-refractivity contribution in [3.8, 4) is 0 Å². The van der Waals surface area contributed by atoms with E-state index in [-0.39, 0.29) is 36.7 Å². The molecule has 0 aliphatic rings. The van der Waals surface area contributed by atoms with E-state index in [2.05, 4.69) is 17.6 Å². The van der Waals surface area contributed by atoms with Crippen molar-refractivity contribution in [2.75, 3.05) is 20.7 Å². The number of hydrogen-bond acceptors (Lipinski definition) is 4. The quantitative estimate of drug-likeness (QED) is 0.330. The molecule has 30 heavy (non-hydrogen) atoms. The SMILES string of the molecule is CCCCCCCCC(=O)NC(CC(C)C)C(=O)NC(C)(CO)CCC(=O)N(C)C. The van der Waals surface area contributed by atoms with Crippen molar-refractivity contribution in [1.82, 2.24) is 15.5 Å². The second-order valence-corrected chi connectivity index (χ2v) is 9.26. The van der Waals surface area contributed by atoms with Crippen LogP contribution in [0.5, 0.6) is 0 Å². The van der Waals surface area contributed by atoms with Crippen LogP contribution in [-0.2, 0) is 14.4 Å². The van der Waals surface area contributed by atoms with E-state index in [1.807, 2.05) is 13.8 Å². The summed E-state index contributed by atoms with van der Waals surface area (Å²) in [7, 11) is 3.35. The first-order chi connectivity index (χ1) is 14.0. The number of nitrogens with zero attached hydrogens (tertiary/aromatic N) is 1. The lowest BCUT2D eigenvalue weighted by Gasteiger charge is -2.31. The van der Waals surface area contributed by atoms with Crippen molar-refractivity contribution >= 4 is 17.7 Å². The molecule has 0 saturated carbocycles. The maximum absolute atomic E-state index is 12.9. The molecule has 0 aromatic carbocycles. The van der Waals surface area contributed by atoms with Crippen molar-refractivity contribution in [2.24, 2.45) is 5.92 Å². The maximum Gasteiger partial charge on any atom is 0.243 e. The van der Waals surface area contributed by atoms with E-state index in [9.17, 15) is 19.5 Å². The molecule has 0 bridgehead atoms. The summed E-state index contributed by atoms with van der Waals surface area (Å²) in [5, 5.41) is 15.5. The minimum Gasteiger partial charge on any atom is -0.394 e. The van der Waals surface area contributed by atoms with Crippen LogP contribution >= 0.6 is 0 Å². The topological polar surface area (TPSA) is 98.7 Å². The Morgan fingerprint density at radius 2 is 1.60 bits per heavy atom. The first-order valence-corrected chi connectivity index (χ1v) is 11.5. The lowest BCUT2D eigenvalue weighted by molar-refractivity contribution is -0.132. The van der Waals surface area contributed by atoms with Crippen LogP contribution in [0.1, 0.15) is 91.9 Å². The highest BCUT2D eigenvalue weighted by Gasteiger charge is 2.31. The fourth-order valence-electron chi connectivity index (χ4n) is 3.21. The Morgan fingerprint density at radius 3 is 2.13 bits per heavy atom. The molecule has 0 rings (SSSR count). The molecular weight excluding hydrogens is 382 g/mol. The molecule has 0 aliphatic carbocycles. The lowest BCUT2D eigenvalue weighted by Crippen LogP contribution is -2.56. The van der Waals surface area contributed by atoms with E-state index in [1.165, 1.54) is 24.2 Å². The summed E-state index contributed by atoms with van der Waals surface area (Å²) in [6.45, 7) is 7.62. The Balaban J connectivity index is 4.76. The Hall–Kier alpha value is -1.63. The Bertz CT molecular complexity index is 523. The van der Waals surface area contributed by atoms with E-state index in [4.69, 9.17) is 0 Å². The molecule has 0 aliphatic heterocycles. The van der Waals surface area contributed by atoms with Gasteiger partial charge in [0, 0.05) is 26.9 Å². The van der Waals surface area contributed by atoms with E-state index < -0.39 is 11.6 Å². The average molecular weight is 428 g/mol. The molecule has 7 nitrogen and oxygen atoms in total.